The van der Waals surface area contributed by atoms with Gasteiger partial charge in [0.05, 0.1) is 20.6 Å². The molecule has 1 amide bonds. The number of carbonyl (C=O) groups excluding carboxylic acids is 1. The molecule has 1 aromatic heterocycles. The van der Waals surface area contributed by atoms with E-state index < -0.39 is 0 Å². The van der Waals surface area contributed by atoms with Gasteiger partial charge in [-0.2, -0.15) is 0 Å². The summed E-state index contributed by atoms with van der Waals surface area (Å²) in [5.41, 5.74) is 1.24. The summed E-state index contributed by atoms with van der Waals surface area (Å²) in [6.07, 6.45) is 0.0634. The van der Waals surface area contributed by atoms with Crippen molar-refractivity contribution >= 4 is 35.1 Å². The van der Waals surface area contributed by atoms with E-state index in [9.17, 15) is 4.79 Å². The highest BCUT2D eigenvalue weighted by molar-refractivity contribution is 6.35. The Balaban J connectivity index is 1.71. The van der Waals surface area contributed by atoms with Gasteiger partial charge in [0.1, 0.15) is 11.5 Å². The van der Waals surface area contributed by atoms with Crippen LogP contribution in [0.4, 0.5) is 6.01 Å². The van der Waals surface area contributed by atoms with Crippen LogP contribution in [0.2, 0.25) is 10.0 Å². The van der Waals surface area contributed by atoms with Crippen LogP contribution >= 0.6 is 23.2 Å². The van der Waals surface area contributed by atoms with Crippen LogP contribution in [0.15, 0.2) is 40.8 Å². The Bertz CT molecular complexity index is 955. The quantitative estimate of drug-likeness (QED) is 0.657. The molecule has 3 rings (SSSR count). The van der Waals surface area contributed by atoms with Gasteiger partial charge >= 0.3 is 6.01 Å². The van der Waals surface area contributed by atoms with Crippen LogP contribution in [0, 0.1) is 0 Å². The zero-order valence-electron chi connectivity index (χ0n) is 14.5. The van der Waals surface area contributed by atoms with Crippen molar-refractivity contribution in [2.45, 2.75) is 6.42 Å². The van der Waals surface area contributed by atoms with Gasteiger partial charge in [0.25, 0.3) is 0 Å². The van der Waals surface area contributed by atoms with Crippen LogP contribution in [0.1, 0.15) is 5.56 Å². The summed E-state index contributed by atoms with van der Waals surface area (Å²) >= 11 is 11.9. The molecule has 9 heteroatoms. The Morgan fingerprint density at radius 1 is 1.07 bits per heavy atom. The van der Waals surface area contributed by atoms with Crippen LogP contribution in [-0.2, 0) is 11.2 Å². The summed E-state index contributed by atoms with van der Waals surface area (Å²) in [6, 6.07) is 10.0. The monoisotopic (exact) mass is 407 g/mol. The maximum Gasteiger partial charge on any atom is 0.322 e. The Kier molecular flexibility index (Phi) is 5.83. The predicted octanol–water partition coefficient (Wildman–Crippen LogP) is 4.24. The molecule has 0 saturated carbocycles. The third-order valence-corrected chi connectivity index (χ3v) is 4.06. The van der Waals surface area contributed by atoms with Crippen molar-refractivity contribution in [3.8, 4) is 23.0 Å². The van der Waals surface area contributed by atoms with Crippen LogP contribution in [0.25, 0.3) is 11.5 Å². The van der Waals surface area contributed by atoms with E-state index in [1.807, 2.05) is 0 Å². The molecule has 0 unspecified atom stereocenters. The summed E-state index contributed by atoms with van der Waals surface area (Å²) in [4.78, 5) is 12.3. The first kappa shape index (κ1) is 19.0. The van der Waals surface area contributed by atoms with Crippen molar-refractivity contribution in [1.29, 1.82) is 0 Å². The largest absolute Gasteiger partial charge is 0.497 e. The van der Waals surface area contributed by atoms with Gasteiger partial charge in [0.2, 0.25) is 11.8 Å². The van der Waals surface area contributed by atoms with E-state index in [-0.39, 0.29) is 24.2 Å². The number of hydrogen-bond donors (Lipinski definition) is 1. The van der Waals surface area contributed by atoms with Crippen LogP contribution in [0.3, 0.4) is 0 Å². The lowest BCUT2D eigenvalue weighted by atomic mass is 10.1. The van der Waals surface area contributed by atoms with Crippen molar-refractivity contribution in [1.82, 2.24) is 10.2 Å². The molecule has 0 bridgehead atoms. The summed E-state index contributed by atoms with van der Waals surface area (Å²) in [6.45, 7) is 0. The van der Waals surface area contributed by atoms with Gasteiger partial charge in [0.15, 0.2) is 0 Å². The van der Waals surface area contributed by atoms with Crippen molar-refractivity contribution in [3.05, 3.63) is 52.0 Å². The van der Waals surface area contributed by atoms with E-state index in [1.54, 1.807) is 43.5 Å². The van der Waals surface area contributed by atoms with E-state index in [2.05, 4.69) is 15.5 Å². The summed E-state index contributed by atoms with van der Waals surface area (Å²) in [5.74, 6) is 1.04. The predicted molar refractivity (Wildman–Crippen MR) is 102 cm³/mol. The van der Waals surface area contributed by atoms with Gasteiger partial charge in [-0.25, -0.2) is 0 Å². The van der Waals surface area contributed by atoms with Crippen molar-refractivity contribution in [3.63, 3.8) is 0 Å². The zero-order valence-corrected chi connectivity index (χ0v) is 16.0. The molecule has 3 aromatic rings. The number of carbonyl (C=O) groups is 1. The molecule has 0 fully saturated rings. The second-order valence-corrected chi connectivity index (χ2v) is 6.35. The number of benzene rings is 2. The SMILES string of the molecule is COc1ccc(CC(=O)Nc2nnc(-c3cc(Cl)cc(Cl)c3)o2)c(OC)c1. The molecule has 0 saturated heterocycles. The minimum absolute atomic E-state index is 0.0291. The molecular weight excluding hydrogens is 393 g/mol. The number of amides is 1. The van der Waals surface area contributed by atoms with E-state index in [0.29, 0.717) is 32.7 Å². The number of hydrogen-bond acceptors (Lipinski definition) is 6. The number of nitrogens with one attached hydrogen (secondary N) is 1. The van der Waals surface area contributed by atoms with Gasteiger partial charge < -0.3 is 13.9 Å². The average molecular weight is 408 g/mol. The minimum Gasteiger partial charge on any atom is -0.497 e. The van der Waals surface area contributed by atoms with Crippen LogP contribution in [0.5, 0.6) is 11.5 Å². The second kappa shape index (κ2) is 8.28. The number of anilines is 1. The highest BCUT2D eigenvalue weighted by atomic mass is 35.5. The molecule has 0 aliphatic rings. The molecule has 0 aliphatic carbocycles. The molecular formula is C18H15Cl2N3O4. The number of ether oxygens (including phenoxy) is 2. The maximum absolute atomic E-state index is 12.3. The fourth-order valence-corrected chi connectivity index (χ4v) is 2.93. The third kappa shape index (κ3) is 4.69. The first-order chi connectivity index (χ1) is 13.0. The average Bonchev–Trinajstić information content (AvgIpc) is 3.09. The normalized spacial score (nSPS) is 10.5. The van der Waals surface area contributed by atoms with Crippen LogP contribution in [-0.4, -0.2) is 30.3 Å². The van der Waals surface area contributed by atoms with Crippen molar-refractivity contribution < 1.29 is 18.7 Å². The smallest absolute Gasteiger partial charge is 0.322 e. The number of nitrogens with zero attached hydrogens (tertiary/aromatic N) is 2. The van der Waals surface area contributed by atoms with Crippen LogP contribution < -0.4 is 14.8 Å². The van der Waals surface area contributed by atoms with Gasteiger partial charge in [-0.15, -0.1) is 5.10 Å². The molecule has 0 aliphatic heterocycles. The Hall–Kier alpha value is -2.77. The molecule has 27 heavy (non-hydrogen) atoms. The Morgan fingerprint density at radius 2 is 1.81 bits per heavy atom. The summed E-state index contributed by atoms with van der Waals surface area (Å²) < 4.78 is 15.9. The molecule has 140 valence electrons. The zero-order chi connectivity index (χ0) is 19.4. The molecule has 2 aromatic carbocycles. The number of methoxy groups -OCH3 is 2. The standard InChI is InChI=1S/C18H15Cl2N3O4/c1-25-14-4-3-10(15(9-14)26-2)7-16(24)21-18-23-22-17(27-18)11-5-12(19)8-13(20)6-11/h3-6,8-9H,7H2,1-2H3,(H,21,23,24). The third-order valence-electron chi connectivity index (χ3n) is 3.63. The number of halogens is 2. The highest BCUT2D eigenvalue weighted by Crippen LogP contribution is 2.28. The molecule has 0 spiro atoms. The van der Waals surface area contributed by atoms with Gasteiger partial charge in [-0.1, -0.05) is 34.4 Å². The number of aromatic nitrogens is 2. The number of rotatable bonds is 6. The summed E-state index contributed by atoms with van der Waals surface area (Å²) in [7, 11) is 3.08. The first-order valence-electron chi connectivity index (χ1n) is 7.79. The van der Waals surface area contributed by atoms with Gasteiger partial charge in [-0.3, -0.25) is 10.1 Å². The summed E-state index contributed by atoms with van der Waals surface area (Å²) in [5, 5.41) is 11.1. The maximum atomic E-state index is 12.3. The topological polar surface area (TPSA) is 86.5 Å². The molecule has 1 N–H and O–H groups in total. The molecule has 7 nitrogen and oxygen atoms in total. The minimum atomic E-state index is -0.335. The molecule has 0 atom stereocenters. The van der Waals surface area contributed by atoms with Gasteiger partial charge in [-0.05, 0) is 24.3 Å². The lowest BCUT2D eigenvalue weighted by molar-refractivity contribution is -0.115. The van der Waals surface area contributed by atoms with E-state index >= 15 is 0 Å². The van der Waals surface area contributed by atoms with E-state index in [1.165, 1.54) is 7.11 Å². The lowest BCUT2D eigenvalue weighted by Gasteiger charge is -2.09. The van der Waals surface area contributed by atoms with E-state index in [0.717, 1.165) is 0 Å². The molecule has 1 heterocycles. The van der Waals surface area contributed by atoms with Crippen molar-refractivity contribution in [2.75, 3.05) is 19.5 Å². The Morgan fingerprint density at radius 3 is 2.48 bits per heavy atom. The lowest BCUT2D eigenvalue weighted by Crippen LogP contribution is -2.15. The van der Waals surface area contributed by atoms with Crippen molar-refractivity contribution in [2.24, 2.45) is 0 Å². The Labute approximate surface area is 165 Å². The van der Waals surface area contributed by atoms with E-state index in [4.69, 9.17) is 37.1 Å². The highest BCUT2D eigenvalue weighted by Gasteiger charge is 2.15. The second-order valence-electron chi connectivity index (χ2n) is 5.47. The molecule has 0 radical (unpaired) electrons. The first-order valence-corrected chi connectivity index (χ1v) is 8.55. The fraction of sp³-hybridized carbons (Fsp3) is 0.167. The van der Waals surface area contributed by atoms with Gasteiger partial charge in [0, 0.05) is 27.2 Å². The fourth-order valence-electron chi connectivity index (χ4n) is 2.40.